The van der Waals surface area contributed by atoms with E-state index in [1.54, 1.807) is 0 Å². The Morgan fingerprint density at radius 2 is 1.58 bits per heavy atom. The summed E-state index contributed by atoms with van der Waals surface area (Å²) < 4.78 is 0. The highest BCUT2D eigenvalue weighted by Crippen LogP contribution is 2.27. The van der Waals surface area contributed by atoms with Gasteiger partial charge in [-0.1, -0.05) is 19.3 Å². The fourth-order valence-corrected chi connectivity index (χ4v) is 4.54. The van der Waals surface area contributed by atoms with E-state index in [9.17, 15) is 9.59 Å². The van der Waals surface area contributed by atoms with Crippen LogP contribution < -0.4 is 16.0 Å². The number of hydrogen-bond acceptors (Lipinski definition) is 3. The van der Waals surface area contributed by atoms with Gasteiger partial charge in [-0.3, -0.25) is 9.59 Å². The van der Waals surface area contributed by atoms with E-state index >= 15 is 0 Å². The molecule has 1 saturated heterocycles. The van der Waals surface area contributed by atoms with Gasteiger partial charge in [0, 0.05) is 31.0 Å². The Kier molecular flexibility index (Phi) is 6.52. The quantitative estimate of drug-likeness (QED) is 0.721. The third kappa shape index (κ3) is 5.20. The molecule has 0 aromatic carbocycles. The SMILES string of the molecule is O=C(CC1CCCCC1)NC1CCC(C(=O)NC2CCNC2)CC1. The summed E-state index contributed by atoms with van der Waals surface area (Å²) in [6.07, 6.45) is 11.8. The molecule has 2 aliphatic carbocycles. The number of amides is 2. The summed E-state index contributed by atoms with van der Waals surface area (Å²) in [7, 11) is 0. The summed E-state index contributed by atoms with van der Waals surface area (Å²) >= 11 is 0. The molecular formula is C19H33N3O2. The van der Waals surface area contributed by atoms with Crippen molar-refractivity contribution in [3.05, 3.63) is 0 Å². The molecule has 0 aromatic rings. The Bertz CT molecular complexity index is 420. The normalized spacial score (nSPS) is 31.6. The summed E-state index contributed by atoms with van der Waals surface area (Å²) in [5, 5.41) is 9.67. The molecule has 0 spiro atoms. The smallest absolute Gasteiger partial charge is 0.223 e. The van der Waals surface area contributed by atoms with Gasteiger partial charge in [0.15, 0.2) is 0 Å². The van der Waals surface area contributed by atoms with Gasteiger partial charge in [0.1, 0.15) is 0 Å². The zero-order valence-corrected chi connectivity index (χ0v) is 14.8. The second-order valence-electron chi connectivity index (χ2n) is 8.02. The predicted molar refractivity (Wildman–Crippen MR) is 94.5 cm³/mol. The third-order valence-electron chi connectivity index (χ3n) is 6.07. The Morgan fingerprint density at radius 1 is 0.833 bits per heavy atom. The van der Waals surface area contributed by atoms with Gasteiger partial charge in [-0.05, 0) is 57.4 Å². The van der Waals surface area contributed by atoms with Crippen molar-refractivity contribution in [2.75, 3.05) is 13.1 Å². The maximum atomic E-state index is 12.3. The molecule has 3 aliphatic rings. The lowest BCUT2D eigenvalue weighted by molar-refractivity contribution is -0.126. The van der Waals surface area contributed by atoms with Crippen LogP contribution in [-0.2, 0) is 9.59 Å². The van der Waals surface area contributed by atoms with Gasteiger partial charge < -0.3 is 16.0 Å². The van der Waals surface area contributed by atoms with Crippen LogP contribution in [0.2, 0.25) is 0 Å². The average Bonchev–Trinajstić information content (AvgIpc) is 3.09. The van der Waals surface area contributed by atoms with E-state index in [-0.39, 0.29) is 23.8 Å². The van der Waals surface area contributed by atoms with Gasteiger partial charge in [0.2, 0.25) is 11.8 Å². The Balaban J connectivity index is 1.33. The number of rotatable bonds is 5. The van der Waals surface area contributed by atoms with Gasteiger partial charge in [-0.25, -0.2) is 0 Å². The zero-order chi connectivity index (χ0) is 16.8. The number of carbonyl (C=O) groups is 2. The minimum Gasteiger partial charge on any atom is -0.353 e. The van der Waals surface area contributed by atoms with Crippen LogP contribution in [0.5, 0.6) is 0 Å². The van der Waals surface area contributed by atoms with Crippen molar-refractivity contribution in [1.82, 2.24) is 16.0 Å². The molecule has 136 valence electrons. The fourth-order valence-electron chi connectivity index (χ4n) is 4.54. The van der Waals surface area contributed by atoms with Crippen molar-refractivity contribution in [2.45, 2.75) is 82.7 Å². The van der Waals surface area contributed by atoms with Crippen LogP contribution in [0.1, 0.15) is 70.6 Å². The van der Waals surface area contributed by atoms with E-state index < -0.39 is 0 Å². The van der Waals surface area contributed by atoms with E-state index in [0.29, 0.717) is 18.4 Å². The van der Waals surface area contributed by atoms with Crippen LogP contribution in [0, 0.1) is 11.8 Å². The van der Waals surface area contributed by atoms with Crippen LogP contribution in [0.4, 0.5) is 0 Å². The molecule has 1 heterocycles. The number of carbonyl (C=O) groups excluding carboxylic acids is 2. The summed E-state index contributed by atoms with van der Waals surface area (Å²) in [6.45, 7) is 1.91. The molecule has 0 bridgehead atoms. The lowest BCUT2D eigenvalue weighted by Crippen LogP contribution is -2.44. The summed E-state index contributed by atoms with van der Waals surface area (Å²) in [6, 6.07) is 0.587. The largest absolute Gasteiger partial charge is 0.353 e. The van der Waals surface area contributed by atoms with E-state index in [4.69, 9.17) is 0 Å². The van der Waals surface area contributed by atoms with Crippen LogP contribution in [-0.4, -0.2) is 37.0 Å². The third-order valence-corrected chi connectivity index (χ3v) is 6.07. The molecule has 1 unspecified atom stereocenters. The molecule has 0 radical (unpaired) electrons. The molecule has 0 aromatic heterocycles. The maximum Gasteiger partial charge on any atom is 0.223 e. The first-order chi connectivity index (χ1) is 11.7. The predicted octanol–water partition coefficient (Wildman–Crippen LogP) is 2.11. The van der Waals surface area contributed by atoms with Crippen molar-refractivity contribution >= 4 is 11.8 Å². The zero-order valence-electron chi connectivity index (χ0n) is 14.8. The molecule has 3 N–H and O–H groups in total. The fraction of sp³-hybridized carbons (Fsp3) is 0.895. The molecule has 1 atom stereocenters. The minimum absolute atomic E-state index is 0.136. The van der Waals surface area contributed by atoms with Crippen molar-refractivity contribution < 1.29 is 9.59 Å². The highest BCUT2D eigenvalue weighted by Gasteiger charge is 2.29. The van der Waals surface area contributed by atoms with Gasteiger partial charge in [-0.15, -0.1) is 0 Å². The molecule has 2 amide bonds. The van der Waals surface area contributed by atoms with Crippen LogP contribution >= 0.6 is 0 Å². The average molecular weight is 335 g/mol. The molecule has 5 nitrogen and oxygen atoms in total. The topological polar surface area (TPSA) is 70.2 Å². The first-order valence-electron chi connectivity index (χ1n) is 10.0. The van der Waals surface area contributed by atoms with E-state index in [1.807, 2.05) is 0 Å². The Labute approximate surface area is 145 Å². The second kappa shape index (κ2) is 8.84. The molecule has 2 saturated carbocycles. The van der Waals surface area contributed by atoms with Crippen molar-refractivity contribution in [3.8, 4) is 0 Å². The molecule has 1 aliphatic heterocycles. The maximum absolute atomic E-state index is 12.3. The van der Waals surface area contributed by atoms with Gasteiger partial charge in [-0.2, -0.15) is 0 Å². The molecule has 5 heteroatoms. The molecule has 3 rings (SSSR count). The highest BCUT2D eigenvalue weighted by molar-refractivity contribution is 5.79. The highest BCUT2D eigenvalue weighted by atomic mass is 16.2. The first-order valence-corrected chi connectivity index (χ1v) is 10.0. The number of hydrogen-bond donors (Lipinski definition) is 3. The van der Waals surface area contributed by atoms with E-state index in [2.05, 4.69) is 16.0 Å². The van der Waals surface area contributed by atoms with Crippen LogP contribution in [0.3, 0.4) is 0 Å². The Hall–Kier alpha value is -1.10. The minimum atomic E-state index is 0.136. The lowest BCUT2D eigenvalue weighted by atomic mass is 9.84. The van der Waals surface area contributed by atoms with E-state index in [1.165, 1.54) is 32.1 Å². The van der Waals surface area contributed by atoms with Gasteiger partial charge in [0.25, 0.3) is 0 Å². The van der Waals surface area contributed by atoms with Crippen molar-refractivity contribution in [2.24, 2.45) is 11.8 Å². The molecule has 24 heavy (non-hydrogen) atoms. The molecular weight excluding hydrogens is 302 g/mol. The summed E-state index contributed by atoms with van der Waals surface area (Å²) in [5.41, 5.74) is 0. The monoisotopic (exact) mass is 335 g/mol. The molecule has 3 fully saturated rings. The Morgan fingerprint density at radius 3 is 2.25 bits per heavy atom. The summed E-state index contributed by atoms with van der Waals surface area (Å²) in [5.74, 6) is 1.18. The second-order valence-corrected chi connectivity index (χ2v) is 8.02. The first kappa shape index (κ1) is 17.7. The number of nitrogens with one attached hydrogen (secondary N) is 3. The lowest BCUT2D eigenvalue weighted by Gasteiger charge is -2.30. The van der Waals surface area contributed by atoms with Crippen molar-refractivity contribution in [1.29, 1.82) is 0 Å². The standard InChI is InChI=1S/C19H33N3O2/c23-18(12-14-4-2-1-3-5-14)21-16-8-6-15(7-9-16)19(24)22-17-10-11-20-13-17/h14-17,20H,1-13H2,(H,21,23)(H,22,24). The van der Waals surface area contributed by atoms with Crippen molar-refractivity contribution in [3.63, 3.8) is 0 Å². The van der Waals surface area contributed by atoms with Gasteiger partial charge in [0.05, 0.1) is 0 Å². The summed E-state index contributed by atoms with van der Waals surface area (Å²) in [4.78, 5) is 24.5. The van der Waals surface area contributed by atoms with E-state index in [0.717, 1.165) is 45.2 Å². The van der Waals surface area contributed by atoms with Gasteiger partial charge >= 0.3 is 0 Å². The van der Waals surface area contributed by atoms with Crippen LogP contribution in [0.15, 0.2) is 0 Å². The van der Waals surface area contributed by atoms with Crippen LogP contribution in [0.25, 0.3) is 0 Å².